The predicted molar refractivity (Wildman–Crippen MR) is 73.9 cm³/mol. The van der Waals surface area contributed by atoms with E-state index in [2.05, 4.69) is 30.7 Å². The van der Waals surface area contributed by atoms with Crippen LogP contribution in [0.1, 0.15) is 22.8 Å². The minimum Gasteiger partial charge on any atom is -0.376 e. The van der Waals surface area contributed by atoms with E-state index >= 15 is 0 Å². The van der Waals surface area contributed by atoms with Crippen molar-refractivity contribution in [2.75, 3.05) is 7.11 Å². The summed E-state index contributed by atoms with van der Waals surface area (Å²) < 4.78 is 5.52. The molecular formula is C16H18NO. The molecule has 2 rings (SSSR count). The summed E-state index contributed by atoms with van der Waals surface area (Å²) in [5.41, 5.74) is 9.02. The van der Waals surface area contributed by atoms with Gasteiger partial charge in [-0.15, -0.1) is 0 Å². The lowest BCUT2D eigenvalue weighted by atomic mass is 10.0. The summed E-state index contributed by atoms with van der Waals surface area (Å²) in [4.78, 5) is 0. The lowest BCUT2D eigenvalue weighted by Gasteiger charge is -2.15. The molecule has 0 aliphatic rings. The fraction of sp³-hybridized carbons (Fsp3) is 0.188. The van der Waals surface area contributed by atoms with Crippen LogP contribution in [0.5, 0.6) is 0 Å². The van der Waals surface area contributed by atoms with Crippen LogP contribution in [0, 0.1) is 6.42 Å². The van der Waals surface area contributed by atoms with Crippen LogP contribution >= 0.6 is 0 Å². The molecular weight excluding hydrogens is 222 g/mol. The van der Waals surface area contributed by atoms with Crippen molar-refractivity contribution in [1.82, 2.24) is 0 Å². The Bertz CT molecular complexity index is 464. The molecule has 93 valence electrons. The van der Waals surface area contributed by atoms with Gasteiger partial charge in [-0.2, -0.15) is 0 Å². The van der Waals surface area contributed by atoms with Crippen LogP contribution < -0.4 is 5.73 Å². The highest BCUT2D eigenvalue weighted by Crippen LogP contribution is 2.23. The summed E-state index contributed by atoms with van der Waals surface area (Å²) in [5.74, 6) is 0. The Balaban J connectivity index is 2.10. The molecule has 0 aliphatic carbocycles. The van der Waals surface area contributed by atoms with Crippen molar-refractivity contribution in [3.8, 4) is 0 Å². The van der Waals surface area contributed by atoms with E-state index in [-0.39, 0.29) is 6.10 Å². The standard InChI is InChI=1S/C16H18NO/c1-18-16(15-5-3-2-4-6-15)11-13-7-9-14(12-17)10-8-13/h2-11,16H,12,17H2,1H3. The zero-order chi connectivity index (χ0) is 12.8. The second-order valence-electron chi connectivity index (χ2n) is 4.18. The van der Waals surface area contributed by atoms with Gasteiger partial charge in [-0.3, -0.25) is 0 Å². The largest absolute Gasteiger partial charge is 0.376 e. The van der Waals surface area contributed by atoms with Crippen molar-refractivity contribution in [3.05, 3.63) is 77.7 Å². The van der Waals surface area contributed by atoms with Gasteiger partial charge in [0.05, 0.1) is 6.10 Å². The minimum atomic E-state index is -0.0186. The molecule has 2 heteroatoms. The lowest BCUT2D eigenvalue weighted by Crippen LogP contribution is -2.03. The highest BCUT2D eigenvalue weighted by Gasteiger charge is 2.11. The van der Waals surface area contributed by atoms with Crippen molar-refractivity contribution in [2.45, 2.75) is 12.6 Å². The highest BCUT2D eigenvalue weighted by molar-refractivity contribution is 5.32. The fourth-order valence-electron chi connectivity index (χ4n) is 1.88. The third-order valence-corrected chi connectivity index (χ3v) is 2.94. The number of rotatable bonds is 5. The number of hydrogen-bond acceptors (Lipinski definition) is 2. The number of nitrogens with two attached hydrogens (primary N) is 1. The summed E-state index contributed by atoms with van der Waals surface area (Å²) >= 11 is 0. The van der Waals surface area contributed by atoms with E-state index in [1.807, 2.05) is 30.3 Å². The van der Waals surface area contributed by atoms with Crippen molar-refractivity contribution in [3.63, 3.8) is 0 Å². The monoisotopic (exact) mass is 240 g/mol. The molecule has 2 aromatic rings. The van der Waals surface area contributed by atoms with Gasteiger partial charge in [0.2, 0.25) is 0 Å². The summed E-state index contributed by atoms with van der Waals surface area (Å²) in [6, 6.07) is 18.4. The second-order valence-corrected chi connectivity index (χ2v) is 4.18. The van der Waals surface area contributed by atoms with E-state index < -0.39 is 0 Å². The average Bonchev–Trinajstić information content (AvgIpc) is 2.46. The SMILES string of the molecule is COC([CH]c1ccc(CN)cc1)c1ccccc1. The number of methoxy groups -OCH3 is 1. The van der Waals surface area contributed by atoms with Crippen LogP contribution in [-0.4, -0.2) is 7.11 Å². The van der Waals surface area contributed by atoms with Crippen LogP contribution in [0.25, 0.3) is 0 Å². The van der Waals surface area contributed by atoms with E-state index in [0.717, 1.165) is 16.7 Å². The maximum atomic E-state index is 5.58. The first kappa shape index (κ1) is 12.8. The van der Waals surface area contributed by atoms with Crippen LogP contribution in [0.3, 0.4) is 0 Å². The van der Waals surface area contributed by atoms with Gasteiger partial charge in [0.15, 0.2) is 0 Å². The number of benzene rings is 2. The molecule has 0 aliphatic heterocycles. The first-order chi connectivity index (χ1) is 8.83. The molecule has 2 nitrogen and oxygen atoms in total. The van der Waals surface area contributed by atoms with Gasteiger partial charge < -0.3 is 10.5 Å². The molecule has 0 saturated carbocycles. The zero-order valence-electron chi connectivity index (χ0n) is 10.5. The Hall–Kier alpha value is -1.64. The maximum Gasteiger partial charge on any atom is 0.0896 e. The smallest absolute Gasteiger partial charge is 0.0896 e. The van der Waals surface area contributed by atoms with Crippen molar-refractivity contribution in [1.29, 1.82) is 0 Å². The van der Waals surface area contributed by atoms with Gasteiger partial charge in [0, 0.05) is 20.1 Å². The van der Waals surface area contributed by atoms with Gasteiger partial charge in [-0.05, 0) is 16.7 Å². The molecule has 18 heavy (non-hydrogen) atoms. The topological polar surface area (TPSA) is 35.2 Å². The van der Waals surface area contributed by atoms with E-state index in [0.29, 0.717) is 6.54 Å². The van der Waals surface area contributed by atoms with Gasteiger partial charge in [0.25, 0.3) is 0 Å². The van der Waals surface area contributed by atoms with E-state index in [4.69, 9.17) is 10.5 Å². The van der Waals surface area contributed by atoms with E-state index in [1.54, 1.807) is 7.11 Å². The molecule has 0 bridgehead atoms. The maximum absolute atomic E-state index is 5.58. The summed E-state index contributed by atoms with van der Waals surface area (Å²) in [6.07, 6.45) is 2.09. The molecule has 0 saturated heterocycles. The molecule has 0 spiro atoms. The first-order valence-corrected chi connectivity index (χ1v) is 6.05. The fourth-order valence-corrected chi connectivity index (χ4v) is 1.88. The minimum absolute atomic E-state index is 0.0186. The van der Waals surface area contributed by atoms with Gasteiger partial charge in [-0.1, -0.05) is 54.6 Å². The third kappa shape index (κ3) is 3.19. The Labute approximate surface area is 108 Å². The van der Waals surface area contributed by atoms with Crippen LogP contribution in [0.2, 0.25) is 0 Å². The normalized spacial score (nSPS) is 12.3. The molecule has 0 heterocycles. The summed E-state index contributed by atoms with van der Waals surface area (Å²) in [7, 11) is 1.72. The van der Waals surface area contributed by atoms with Crippen molar-refractivity contribution in [2.24, 2.45) is 5.73 Å². The zero-order valence-corrected chi connectivity index (χ0v) is 10.5. The quantitative estimate of drug-likeness (QED) is 0.871. The molecule has 0 amide bonds. The average molecular weight is 240 g/mol. The molecule has 2 aromatic carbocycles. The molecule has 2 N–H and O–H groups in total. The van der Waals surface area contributed by atoms with E-state index in [1.165, 1.54) is 0 Å². The molecule has 1 unspecified atom stereocenters. The predicted octanol–water partition coefficient (Wildman–Crippen LogP) is 3.09. The highest BCUT2D eigenvalue weighted by atomic mass is 16.5. The van der Waals surface area contributed by atoms with Gasteiger partial charge >= 0.3 is 0 Å². The van der Waals surface area contributed by atoms with Gasteiger partial charge in [0.1, 0.15) is 0 Å². The molecule has 0 fully saturated rings. The summed E-state index contributed by atoms with van der Waals surface area (Å²) in [5, 5.41) is 0. The lowest BCUT2D eigenvalue weighted by molar-refractivity contribution is 0.132. The van der Waals surface area contributed by atoms with Crippen LogP contribution in [-0.2, 0) is 11.3 Å². The number of hydrogen-bond donors (Lipinski definition) is 1. The van der Waals surface area contributed by atoms with Crippen LogP contribution in [0.4, 0.5) is 0 Å². The van der Waals surface area contributed by atoms with Crippen molar-refractivity contribution >= 4 is 0 Å². The van der Waals surface area contributed by atoms with Crippen LogP contribution in [0.15, 0.2) is 54.6 Å². The number of ether oxygens (including phenoxy) is 1. The Morgan fingerprint density at radius 3 is 2.28 bits per heavy atom. The van der Waals surface area contributed by atoms with Gasteiger partial charge in [-0.25, -0.2) is 0 Å². The summed E-state index contributed by atoms with van der Waals surface area (Å²) in [6.45, 7) is 0.576. The first-order valence-electron chi connectivity index (χ1n) is 6.05. The van der Waals surface area contributed by atoms with Crippen molar-refractivity contribution < 1.29 is 4.74 Å². The second kappa shape index (κ2) is 6.34. The molecule has 1 atom stereocenters. The Morgan fingerprint density at radius 1 is 1.06 bits per heavy atom. The Kier molecular flexibility index (Phi) is 4.51. The Morgan fingerprint density at radius 2 is 1.72 bits per heavy atom. The molecule has 0 aromatic heterocycles. The third-order valence-electron chi connectivity index (χ3n) is 2.94. The molecule has 1 radical (unpaired) electrons. The van der Waals surface area contributed by atoms with E-state index in [9.17, 15) is 0 Å².